The molecule has 0 saturated carbocycles. The van der Waals surface area contributed by atoms with E-state index in [9.17, 15) is 9.90 Å². The number of amides is 1. The molecule has 2 heterocycles. The minimum absolute atomic E-state index is 0.209. The summed E-state index contributed by atoms with van der Waals surface area (Å²) in [6.45, 7) is 7.73. The fourth-order valence-corrected chi connectivity index (χ4v) is 3.80. The number of carbonyl (C=O) groups is 1. The standard InChI is InChI=1S/C16H30N2O2/c1-3-6-15-13(2)7-4-9-17(15)11-14(19)12-18-10-5-8-16(18)20/h13-15,19H,3-12H2,1-2H3. The van der Waals surface area contributed by atoms with Crippen LogP contribution in [0.15, 0.2) is 0 Å². The topological polar surface area (TPSA) is 43.8 Å². The molecule has 3 unspecified atom stereocenters. The maximum Gasteiger partial charge on any atom is 0.222 e. The van der Waals surface area contributed by atoms with Crippen LogP contribution < -0.4 is 0 Å². The lowest BCUT2D eigenvalue weighted by Gasteiger charge is -2.41. The third-order valence-electron chi connectivity index (χ3n) is 4.86. The molecule has 0 spiro atoms. The van der Waals surface area contributed by atoms with E-state index in [0.29, 0.717) is 19.0 Å². The van der Waals surface area contributed by atoms with Gasteiger partial charge in [0.05, 0.1) is 6.10 Å². The summed E-state index contributed by atoms with van der Waals surface area (Å²) in [4.78, 5) is 15.9. The van der Waals surface area contributed by atoms with Crippen molar-refractivity contribution >= 4 is 5.91 Å². The summed E-state index contributed by atoms with van der Waals surface area (Å²) in [7, 11) is 0. The third-order valence-corrected chi connectivity index (χ3v) is 4.86. The predicted molar refractivity (Wildman–Crippen MR) is 80.5 cm³/mol. The summed E-state index contributed by atoms with van der Waals surface area (Å²) in [5.74, 6) is 0.936. The minimum atomic E-state index is -0.401. The van der Waals surface area contributed by atoms with Crippen molar-refractivity contribution in [2.45, 2.75) is 64.5 Å². The molecule has 2 saturated heterocycles. The normalized spacial score (nSPS) is 29.9. The van der Waals surface area contributed by atoms with Gasteiger partial charge < -0.3 is 10.0 Å². The molecule has 0 aliphatic carbocycles. The van der Waals surface area contributed by atoms with E-state index in [4.69, 9.17) is 0 Å². The van der Waals surface area contributed by atoms with Crippen LogP contribution in [0.3, 0.4) is 0 Å². The number of piperidine rings is 1. The molecule has 20 heavy (non-hydrogen) atoms. The maximum atomic E-state index is 11.6. The van der Waals surface area contributed by atoms with Gasteiger partial charge in [0.1, 0.15) is 0 Å². The van der Waals surface area contributed by atoms with E-state index in [1.165, 1.54) is 25.7 Å². The molecule has 4 heteroatoms. The zero-order chi connectivity index (χ0) is 14.5. The number of hydrogen-bond donors (Lipinski definition) is 1. The molecule has 2 fully saturated rings. The van der Waals surface area contributed by atoms with Crippen molar-refractivity contribution in [3.8, 4) is 0 Å². The first kappa shape index (κ1) is 15.8. The van der Waals surface area contributed by atoms with E-state index in [-0.39, 0.29) is 5.91 Å². The van der Waals surface area contributed by atoms with Crippen molar-refractivity contribution in [3.63, 3.8) is 0 Å². The first-order chi connectivity index (χ1) is 9.61. The van der Waals surface area contributed by atoms with E-state index in [1.807, 2.05) is 4.90 Å². The van der Waals surface area contributed by atoms with Crippen LogP contribution in [0.4, 0.5) is 0 Å². The Hall–Kier alpha value is -0.610. The van der Waals surface area contributed by atoms with Gasteiger partial charge >= 0.3 is 0 Å². The average Bonchev–Trinajstić information content (AvgIpc) is 2.79. The van der Waals surface area contributed by atoms with Crippen LogP contribution in [0.1, 0.15) is 52.4 Å². The second kappa shape index (κ2) is 7.41. The lowest BCUT2D eigenvalue weighted by atomic mass is 9.88. The summed E-state index contributed by atoms with van der Waals surface area (Å²) < 4.78 is 0. The van der Waals surface area contributed by atoms with Gasteiger partial charge in [0, 0.05) is 32.1 Å². The Balaban J connectivity index is 1.84. The van der Waals surface area contributed by atoms with Crippen molar-refractivity contribution in [1.29, 1.82) is 0 Å². The minimum Gasteiger partial charge on any atom is -0.390 e. The molecular formula is C16H30N2O2. The molecule has 0 aromatic carbocycles. The first-order valence-corrected chi connectivity index (χ1v) is 8.31. The van der Waals surface area contributed by atoms with Crippen LogP contribution in [0.5, 0.6) is 0 Å². The Morgan fingerprint density at radius 2 is 2.10 bits per heavy atom. The number of β-amino-alcohol motifs (C(OH)–C–C–N with tert-alkyl or cyclic N) is 1. The zero-order valence-electron chi connectivity index (χ0n) is 13.1. The van der Waals surface area contributed by atoms with Gasteiger partial charge in [-0.15, -0.1) is 0 Å². The van der Waals surface area contributed by atoms with Crippen LogP contribution in [-0.2, 0) is 4.79 Å². The molecule has 1 amide bonds. The maximum absolute atomic E-state index is 11.6. The van der Waals surface area contributed by atoms with Crippen molar-refractivity contribution in [2.24, 2.45) is 5.92 Å². The highest BCUT2D eigenvalue weighted by Crippen LogP contribution is 2.26. The SMILES string of the molecule is CCCC1C(C)CCCN1CC(O)CN1CCCC1=O. The molecule has 4 nitrogen and oxygen atoms in total. The van der Waals surface area contributed by atoms with Crippen LogP contribution in [0.25, 0.3) is 0 Å². The Labute approximate surface area is 123 Å². The number of aliphatic hydroxyl groups is 1. The van der Waals surface area contributed by atoms with E-state index >= 15 is 0 Å². The highest BCUT2D eigenvalue weighted by molar-refractivity contribution is 5.78. The van der Waals surface area contributed by atoms with Crippen LogP contribution in [-0.4, -0.2) is 59.1 Å². The molecule has 0 radical (unpaired) electrons. The average molecular weight is 282 g/mol. The van der Waals surface area contributed by atoms with Crippen LogP contribution >= 0.6 is 0 Å². The van der Waals surface area contributed by atoms with Gasteiger partial charge in [0.25, 0.3) is 0 Å². The number of carbonyl (C=O) groups excluding carboxylic acids is 1. The summed E-state index contributed by atoms with van der Waals surface area (Å²) >= 11 is 0. The lowest BCUT2D eigenvalue weighted by molar-refractivity contribution is -0.129. The fraction of sp³-hybridized carbons (Fsp3) is 0.938. The van der Waals surface area contributed by atoms with E-state index in [2.05, 4.69) is 18.7 Å². The third kappa shape index (κ3) is 3.95. The van der Waals surface area contributed by atoms with Crippen molar-refractivity contribution in [2.75, 3.05) is 26.2 Å². The fourth-order valence-electron chi connectivity index (χ4n) is 3.80. The Morgan fingerprint density at radius 3 is 2.75 bits per heavy atom. The second-order valence-electron chi connectivity index (χ2n) is 6.57. The molecule has 2 rings (SSSR count). The number of rotatable bonds is 6. The molecule has 2 aliphatic rings. The van der Waals surface area contributed by atoms with Crippen LogP contribution in [0, 0.1) is 5.92 Å². The summed E-state index contributed by atoms with van der Waals surface area (Å²) in [6, 6.07) is 0.609. The molecule has 3 atom stereocenters. The van der Waals surface area contributed by atoms with Gasteiger partial charge in [-0.25, -0.2) is 0 Å². The molecule has 1 N–H and O–H groups in total. The van der Waals surface area contributed by atoms with Gasteiger partial charge in [-0.2, -0.15) is 0 Å². The number of likely N-dealkylation sites (tertiary alicyclic amines) is 2. The first-order valence-electron chi connectivity index (χ1n) is 8.31. The van der Waals surface area contributed by atoms with Crippen molar-refractivity contribution in [3.05, 3.63) is 0 Å². The summed E-state index contributed by atoms with van der Waals surface area (Å²) in [6.07, 6.45) is 6.17. The number of aliphatic hydroxyl groups excluding tert-OH is 1. The van der Waals surface area contributed by atoms with Gasteiger partial charge in [-0.3, -0.25) is 9.69 Å². The Morgan fingerprint density at radius 1 is 1.30 bits per heavy atom. The zero-order valence-corrected chi connectivity index (χ0v) is 13.1. The second-order valence-corrected chi connectivity index (χ2v) is 6.57. The highest BCUT2D eigenvalue weighted by Gasteiger charge is 2.30. The smallest absolute Gasteiger partial charge is 0.222 e. The lowest BCUT2D eigenvalue weighted by Crippen LogP contribution is -2.49. The quantitative estimate of drug-likeness (QED) is 0.809. The van der Waals surface area contributed by atoms with Gasteiger partial charge in [0.15, 0.2) is 0 Å². The monoisotopic (exact) mass is 282 g/mol. The largest absolute Gasteiger partial charge is 0.390 e. The molecule has 0 bridgehead atoms. The van der Waals surface area contributed by atoms with Gasteiger partial charge in [0.2, 0.25) is 5.91 Å². The molecule has 0 aromatic rings. The van der Waals surface area contributed by atoms with E-state index in [1.54, 1.807) is 0 Å². The molecule has 0 aromatic heterocycles. The van der Waals surface area contributed by atoms with E-state index < -0.39 is 6.10 Å². The van der Waals surface area contributed by atoms with Gasteiger partial charge in [-0.1, -0.05) is 20.3 Å². The molecular weight excluding hydrogens is 252 g/mol. The van der Waals surface area contributed by atoms with Gasteiger partial charge in [-0.05, 0) is 38.1 Å². The molecule has 2 aliphatic heterocycles. The summed E-state index contributed by atoms with van der Waals surface area (Å²) in [5, 5.41) is 10.3. The van der Waals surface area contributed by atoms with Crippen molar-refractivity contribution in [1.82, 2.24) is 9.80 Å². The predicted octanol–water partition coefficient (Wildman–Crippen LogP) is 1.87. The number of hydrogen-bond acceptors (Lipinski definition) is 3. The Kier molecular flexibility index (Phi) is 5.85. The molecule has 116 valence electrons. The number of nitrogens with zero attached hydrogens (tertiary/aromatic N) is 2. The van der Waals surface area contributed by atoms with E-state index in [0.717, 1.165) is 32.0 Å². The highest BCUT2D eigenvalue weighted by atomic mass is 16.3. The van der Waals surface area contributed by atoms with Crippen molar-refractivity contribution < 1.29 is 9.90 Å². The summed E-state index contributed by atoms with van der Waals surface area (Å²) in [5.41, 5.74) is 0. The Bertz CT molecular complexity index is 322. The van der Waals surface area contributed by atoms with Crippen LogP contribution in [0.2, 0.25) is 0 Å².